The van der Waals surface area contributed by atoms with Crippen molar-refractivity contribution in [3.8, 4) is 0 Å². The third-order valence-electron chi connectivity index (χ3n) is 3.12. The maximum Gasteiger partial charge on any atom is 0.436 e. The van der Waals surface area contributed by atoms with Crippen LogP contribution in [0.5, 0.6) is 0 Å². The van der Waals surface area contributed by atoms with E-state index in [0.717, 1.165) is 4.68 Å². The molecule has 6 nitrogen and oxygen atoms in total. The number of hydrogen-bond donors (Lipinski definition) is 1. The van der Waals surface area contributed by atoms with Crippen molar-refractivity contribution in [2.75, 3.05) is 5.32 Å². The number of amides is 1. The topological polar surface area (TPSA) is 72.7 Å². The van der Waals surface area contributed by atoms with Gasteiger partial charge in [0.1, 0.15) is 6.04 Å². The van der Waals surface area contributed by atoms with Gasteiger partial charge in [-0.15, -0.1) is 0 Å². The van der Waals surface area contributed by atoms with Crippen molar-refractivity contribution in [2.24, 2.45) is 0 Å². The molecule has 1 amide bonds. The van der Waals surface area contributed by atoms with E-state index in [-0.39, 0.29) is 16.1 Å². The number of anilines is 1. The Labute approximate surface area is 138 Å². The van der Waals surface area contributed by atoms with Gasteiger partial charge in [-0.05, 0) is 42.8 Å². The maximum absolute atomic E-state index is 12.9. The van der Waals surface area contributed by atoms with E-state index in [0.29, 0.717) is 5.69 Å². The number of nitrogens with one attached hydrogen (secondary N) is 1. The molecule has 0 radical (unpaired) electrons. The number of rotatable bonds is 3. The van der Waals surface area contributed by atoms with E-state index in [4.69, 9.17) is 0 Å². The molecule has 0 aromatic carbocycles. The van der Waals surface area contributed by atoms with Crippen LogP contribution in [0.2, 0.25) is 0 Å². The summed E-state index contributed by atoms with van der Waals surface area (Å²) >= 11 is 2.87. The number of nitrogens with zero attached hydrogens (tertiary/aromatic N) is 4. The second-order valence-corrected chi connectivity index (χ2v) is 5.67. The monoisotopic (exact) mass is 391 g/mol. The van der Waals surface area contributed by atoms with Gasteiger partial charge < -0.3 is 0 Å². The van der Waals surface area contributed by atoms with Gasteiger partial charge in [0, 0.05) is 11.9 Å². The van der Waals surface area contributed by atoms with Crippen LogP contribution in [0, 0.1) is 13.8 Å². The minimum Gasteiger partial charge on any atom is -0.293 e. The van der Waals surface area contributed by atoms with Crippen molar-refractivity contribution in [1.82, 2.24) is 19.7 Å². The lowest BCUT2D eigenvalue weighted by Crippen LogP contribution is -2.26. The summed E-state index contributed by atoms with van der Waals surface area (Å²) in [5.41, 5.74) is -0.216. The zero-order valence-electron chi connectivity index (χ0n) is 12.4. The largest absolute Gasteiger partial charge is 0.436 e. The zero-order chi connectivity index (χ0) is 17.4. The molecule has 23 heavy (non-hydrogen) atoms. The number of carbonyl (C=O) groups is 1. The summed E-state index contributed by atoms with van der Waals surface area (Å²) in [4.78, 5) is 20.1. The summed E-state index contributed by atoms with van der Waals surface area (Å²) in [6.45, 7) is 4.61. The fraction of sp³-hybridized carbons (Fsp3) is 0.385. The van der Waals surface area contributed by atoms with Crippen LogP contribution in [-0.2, 0) is 11.0 Å². The van der Waals surface area contributed by atoms with Gasteiger partial charge in [0.25, 0.3) is 5.91 Å². The van der Waals surface area contributed by atoms with Crippen molar-refractivity contribution < 1.29 is 18.0 Å². The molecule has 2 heterocycles. The Bertz CT molecular complexity index is 744. The van der Waals surface area contributed by atoms with E-state index in [1.54, 1.807) is 13.0 Å². The number of halogens is 4. The molecule has 2 rings (SSSR count). The predicted molar refractivity (Wildman–Crippen MR) is 79.8 cm³/mol. The highest BCUT2D eigenvalue weighted by molar-refractivity contribution is 9.10. The van der Waals surface area contributed by atoms with E-state index >= 15 is 0 Å². The highest BCUT2D eigenvalue weighted by Crippen LogP contribution is 2.36. The van der Waals surface area contributed by atoms with Crippen LogP contribution >= 0.6 is 15.9 Å². The molecule has 0 saturated heterocycles. The van der Waals surface area contributed by atoms with Crippen LogP contribution in [0.15, 0.2) is 16.7 Å². The molecule has 0 aliphatic rings. The van der Waals surface area contributed by atoms with Gasteiger partial charge in [-0.3, -0.25) is 14.8 Å². The summed E-state index contributed by atoms with van der Waals surface area (Å²) in [6, 6.07) is 0.690. The third-order valence-corrected chi connectivity index (χ3v) is 4.07. The number of hydrogen-bond acceptors (Lipinski definition) is 4. The van der Waals surface area contributed by atoms with Crippen molar-refractivity contribution in [2.45, 2.75) is 33.0 Å². The van der Waals surface area contributed by atoms with Crippen LogP contribution in [0.25, 0.3) is 0 Å². The smallest absolute Gasteiger partial charge is 0.293 e. The molecule has 1 atom stereocenters. The molecule has 10 heteroatoms. The van der Waals surface area contributed by atoms with Crippen molar-refractivity contribution in [3.63, 3.8) is 0 Å². The first-order valence-corrected chi connectivity index (χ1v) is 7.33. The summed E-state index contributed by atoms with van der Waals surface area (Å²) < 4.78 is 39.4. The van der Waals surface area contributed by atoms with Crippen LogP contribution in [0.1, 0.15) is 30.0 Å². The predicted octanol–water partition coefficient (Wildman–Crippen LogP) is 3.27. The van der Waals surface area contributed by atoms with E-state index in [2.05, 4.69) is 36.3 Å². The molecule has 1 N–H and O–H groups in total. The van der Waals surface area contributed by atoms with Gasteiger partial charge in [-0.1, -0.05) is 0 Å². The van der Waals surface area contributed by atoms with Gasteiger partial charge in [0.05, 0.1) is 10.2 Å². The average Bonchev–Trinajstić information content (AvgIpc) is 2.74. The van der Waals surface area contributed by atoms with Gasteiger partial charge >= 0.3 is 6.18 Å². The quantitative estimate of drug-likeness (QED) is 0.871. The first-order valence-electron chi connectivity index (χ1n) is 6.53. The minimum absolute atomic E-state index is 0.0850. The molecule has 1 unspecified atom stereocenters. The normalized spacial score (nSPS) is 13.0. The fourth-order valence-electron chi connectivity index (χ4n) is 1.89. The number of aromatic nitrogens is 4. The lowest BCUT2D eigenvalue weighted by Gasteiger charge is -2.13. The number of alkyl halides is 3. The molecule has 0 spiro atoms. The summed E-state index contributed by atoms with van der Waals surface area (Å²) in [7, 11) is 0. The van der Waals surface area contributed by atoms with E-state index < -0.39 is 23.8 Å². The van der Waals surface area contributed by atoms with E-state index in [9.17, 15) is 18.0 Å². The van der Waals surface area contributed by atoms with Crippen LogP contribution in [-0.4, -0.2) is 25.7 Å². The molecule has 0 aliphatic carbocycles. The first kappa shape index (κ1) is 17.4. The lowest BCUT2D eigenvalue weighted by molar-refractivity contribution is -0.142. The molecule has 0 bridgehead atoms. The minimum atomic E-state index is -4.61. The summed E-state index contributed by atoms with van der Waals surface area (Å²) in [6.07, 6.45) is -3.13. The van der Waals surface area contributed by atoms with Crippen LogP contribution < -0.4 is 5.32 Å². The highest BCUT2D eigenvalue weighted by Gasteiger charge is 2.39. The Kier molecular flexibility index (Phi) is 4.73. The molecular formula is C13H13BrF3N5O. The molecular weight excluding hydrogens is 379 g/mol. The Morgan fingerprint density at radius 3 is 2.57 bits per heavy atom. The fourth-order valence-corrected chi connectivity index (χ4v) is 2.38. The summed E-state index contributed by atoms with van der Waals surface area (Å²) in [5, 5.41) is 5.96. The van der Waals surface area contributed by atoms with Gasteiger partial charge in [-0.2, -0.15) is 18.3 Å². The van der Waals surface area contributed by atoms with Crippen molar-refractivity contribution in [1.29, 1.82) is 0 Å². The van der Waals surface area contributed by atoms with Gasteiger partial charge in [0.15, 0.2) is 5.69 Å². The first-order chi connectivity index (χ1) is 10.6. The Morgan fingerprint density at radius 1 is 1.39 bits per heavy atom. The molecule has 2 aromatic heterocycles. The lowest BCUT2D eigenvalue weighted by atomic mass is 10.3. The molecule has 0 saturated carbocycles. The van der Waals surface area contributed by atoms with Crippen LogP contribution in [0.3, 0.4) is 0 Å². The van der Waals surface area contributed by atoms with E-state index in [1.165, 1.54) is 20.0 Å². The van der Waals surface area contributed by atoms with Gasteiger partial charge in [-0.25, -0.2) is 9.97 Å². The van der Waals surface area contributed by atoms with Crippen LogP contribution in [0.4, 0.5) is 19.1 Å². The second-order valence-electron chi connectivity index (χ2n) is 4.88. The summed E-state index contributed by atoms with van der Waals surface area (Å²) in [5.74, 6) is -0.482. The zero-order valence-corrected chi connectivity index (χ0v) is 14.0. The third kappa shape index (κ3) is 3.69. The molecule has 124 valence electrons. The molecule has 2 aromatic rings. The molecule has 0 fully saturated rings. The van der Waals surface area contributed by atoms with Crippen molar-refractivity contribution in [3.05, 3.63) is 33.8 Å². The number of aryl methyl sites for hydroxylation is 1. The Morgan fingerprint density at radius 2 is 2.04 bits per heavy atom. The maximum atomic E-state index is 12.9. The molecule has 0 aliphatic heterocycles. The average molecular weight is 392 g/mol. The number of carbonyl (C=O) groups excluding carboxylic acids is 1. The van der Waals surface area contributed by atoms with Gasteiger partial charge in [0.2, 0.25) is 5.95 Å². The Hall–Kier alpha value is -1.97. The SMILES string of the molecule is Cc1ccnc(NC(=O)C(C)n2nc(C(F)(F)F)c(Br)c2C)n1. The second kappa shape index (κ2) is 6.26. The van der Waals surface area contributed by atoms with E-state index in [1.807, 2.05) is 0 Å². The Balaban J connectivity index is 2.26. The standard InChI is InChI=1S/C13H13BrF3N5O/c1-6-4-5-18-12(19-6)20-11(23)8(3)22-7(2)9(14)10(21-22)13(15,16)17/h4-5,8H,1-3H3,(H,18,19,20,23). The van der Waals surface area contributed by atoms with Crippen molar-refractivity contribution >= 4 is 27.8 Å². The highest BCUT2D eigenvalue weighted by atomic mass is 79.9.